The summed E-state index contributed by atoms with van der Waals surface area (Å²) < 4.78 is 43.3. The van der Waals surface area contributed by atoms with Gasteiger partial charge in [0.15, 0.2) is 11.7 Å². The van der Waals surface area contributed by atoms with E-state index >= 15 is 0 Å². The Morgan fingerprint density at radius 2 is 2.35 bits per heavy atom. The van der Waals surface area contributed by atoms with Crippen LogP contribution in [0.15, 0.2) is 6.07 Å². The Kier molecular flexibility index (Phi) is 2.72. The van der Waals surface area contributed by atoms with Crippen LogP contribution in [-0.2, 0) is 4.74 Å². The van der Waals surface area contributed by atoms with Crippen molar-refractivity contribution < 1.29 is 22.7 Å². The molecule has 0 bridgehead atoms. The molecular weight excluding hydrogens is 239 g/mol. The maximum absolute atomic E-state index is 12.7. The lowest BCUT2D eigenvalue weighted by atomic mass is 10.1. The predicted molar refractivity (Wildman–Crippen MR) is 51.8 cm³/mol. The molecule has 1 aliphatic rings. The third kappa shape index (κ3) is 2.06. The van der Waals surface area contributed by atoms with Crippen LogP contribution in [0.4, 0.5) is 19.0 Å². The molecule has 0 saturated heterocycles. The lowest BCUT2D eigenvalue weighted by molar-refractivity contribution is -0.171. The number of carbonyl (C=O) groups excluding carboxylic acids is 1. The van der Waals surface area contributed by atoms with E-state index in [1.54, 1.807) is 0 Å². The molecule has 2 rings (SSSR count). The standard InChI is InChI=1S/C9H10F3N3O2/c1-17-8(16)5-4-7-13-3-2-6(9(10,11)12)15(7)14-5/h4,6,13H,2-3H2,1H3. The van der Waals surface area contributed by atoms with Crippen molar-refractivity contribution in [1.82, 2.24) is 9.78 Å². The van der Waals surface area contributed by atoms with Crippen LogP contribution in [0.1, 0.15) is 23.0 Å². The number of halogens is 3. The molecule has 0 radical (unpaired) electrons. The number of hydrogen-bond donors (Lipinski definition) is 1. The predicted octanol–water partition coefficient (Wildman–Crippen LogP) is 1.59. The number of methoxy groups -OCH3 is 1. The summed E-state index contributed by atoms with van der Waals surface area (Å²) in [5, 5.41) is 6.39. The average Bonchev–Trinajstić information content (AvgIpc) is 2.69. The fourth-order valence-corrected chi connectivity index (χ4v) is 1.73. The molecule has 1 aromatic heterocycles. The zero-order valence-corrected chi connectivity index (χ0v) is 8.91. The minimum absolute atomic E-state index is 0.112. The highest BCUT2D eigenvalue weighted by Crippen LogP contribution is 2.37. The summed E-state index contributed by atoms with van der Waals surface area (Å²) in [7, 11) is 1.15. The molecule has 94 valence electrons. The third-order valence-electron chi connectivity index (χ3n) is 2.53. The molecule has 0 spiro atoms. The van der Waals surface area contributed by atoms with Gasteiger partial charge in [-0.05, 0) is 6.42 Å². The van der Waals surface area contributed by atoms with Crippen LogP contribution in [0, 0.1) is 0 Å². The Morgan fingerprint density at radius 1 is 1.65 bits per heavy atom. The van der Waals surface area contributed by atoms with Gasteiger partial charge in [0.25, 0.3) is 0 Å². The topological polar surface area (TPSA) is 56.2 Å². The van der Waals surface area contributed by atoms with E-state index in [4.69, 9.17) is 0 Å². The van der Waals surface area contributed by atoms with Crippen molar-refractivity contribution in [1.29, 1.82) is 0 Å². The molecule has 1 atom stereocenters. The second kappa shape index (κ2) is 3.94. The normalized spacial score (nSPS) is 19.4. The molecule has 17 heavy (non-hydrogen) atoms. The van der Waals surface area contributed by atoms with Crippen LogP contribution >= 0.6 is 0 Å². The Balaban J connectivity index is 2.38. The third-order valence-corrected chi connectivity index (χ3v) is 2.53. The molecule has 0 fully saturated rings. The minimum atomic E-state index is -4.38. The number of aromatic nitrogens is 2. The largest absolute Gasteiger partial charge is 0.464 e. The van der Waals surface area contributed by atoms with Crippen molar-refractivity contribution in [2.75, 3.05) is 19.0 Å². The van der Waals surface area contributed by atoms with Gasteiger partial charge in [-0.1, -0.05) is 0 Å². The fourth-order valence-electron chi connectivity index (χ4n) is 1.73. The highest BCUT2D eigenvalue weighted by atomic mass is 19.4. The second-order valence-electron chi connectivity index (χ2n) is 3.62. The van der Waals surface area contributed by atoms with Gasteiger partial charge >= 0.3 is 12.1 Å². The summed E-state index contributed by atoms with van der Waals surface area (Å²) in [5.41, 5.74) is -0.133. The number of nitrogens with one attached hydrogen (secondary N) is 1. The zero-order valence-electron chi connectivity index (χ0n) is 8.91. The Bertz CT molecular complexity index is 441. The maximum Gasteiger partial charge on any atom is 0.410 e. The summed E-state index contributed by atoms with van der Waals surface area (Å²) in [4.78, 5) is 11.2. The van der Waals surface area contributed by atoms with Gasteiger partial charge in [0.1, 0.15) is 5.82 Å². The first kappa shape index (κ1) is 11.7. The van der Waals surface area contributed by atoms with E-state index in [-0.39, 0.29) is 24.5 Å². The smallest absolute Gasteiger partial charge is 0.410 e. The second-order valence-corrected chi connectivity index (χ2v) is 3.62. The molecule has 0 saturated carbocycles. The Hall–Kier alpha value is -1.73. The molecule has 0 aromatic carbocycles. The number of ether oxygens (including phenoxy) is 1. The lowest BCUT2D eigenvalue weighted by Gasteiger charge is -2.27. The molecule has 1 unspecified atom stereocenters. The van der Waals surface area contributed by atoms with Gasteiger partial charge in [-0.3, -0.25) is 0 Å². The minimum Gasteiger partial charge on any atom is -0.464 e. The van der Waals surface area contributed by atoms with Crippen LogP contribution in [0.25, 0.3) is 0 Å². The van der Waals surface area contributed by atoms with Crippen LogP contribution < -0.4 is 5.32 Å². The van der Waals surface area contributed by atoms with Gasteiger partial charge in [-0.2, -0.15) is 18.3 Å². The van der Waals surface area contributed by atoms with E-state index in [1.165, 1.54) is 6.07 Å². The zero-order chi connectivity index (χ0) is 12.6. The molecule has 5 nitrogen and oxygen atoms in total. The Morgan fingerprint density at radius 3 is 2.94 bits per heavy atom. The lowest BCUT2D eigenvalue weighted by Crippen LogP contribution is -2.34. The van der Waals surface area contributed by atoms with Crippen molar-refractivity contribution in [2.24, 2.45) is 0 Å². The summed E-state index contributed by atoms with van der Waals surface area (Å²) in [5.74, 6) is -0.575. The number of nitrogens with zero attached hydrogens (tertiary/aromatic N) is 2. The summed E-state index contributed by atoms with van der Waals surface area (Å²) in [6, 6.07) is -0.443. The van der Waals surface area contributed by atoms with Crippen molar-refractivity contribution in [3.8, 4) is 0 Å². The van der Waals surface area contributed by atoms with E-state index in [0.717, 1.165) is 11.8 Å². The van der Waals surface area contributed by atoms with Crippen LogP contribution in [-0.4, -0.2) is 35.6 Å². The van der Waals surface area contributed by atoms with Crippen molar-refractivity contribution in [3.63, 3.8) is 0 Å². The first-order valence-corrected chi connectivity index (χ1v) is 4.92. The molecule has 0 amide bonds. The summed E-state index contributed by atoms with van der Waals surface area (Å²) in [6.07, 6.45) is -4.49. The van der Waals surface area contributed by atoms with Crippen molar-refractivity contribution in [3.05, 3.63) is 11.8 Å². The van der Waals surface area contributed by atoms with E-state index < -0.39 is 18.2 Å². The Labute approximate surface area is 94.5 Å². The molecular formula is C9H10F3N3O2. The van der Waals surface area contributed by atoms with Gasteiger partial charge in [-0.15, -0.1) is 0 Å². The van der Waals surface area contributed by atoms with Crippen LogP contribution in [0.5, 0.6) is 0 Å². The van der Waals surface area contributed by atoms with Crippen LogP contribution in [0.3, 0.4) is 0 Å². The molecule has 0 aliphatic carbocycles. The van der Waals surface area contributed by atoms with Crippen molar-refractivity contribution >= 4 is 11.8 Å². The number of esters is 1. The van der Waals surface area contributed by atoms with Crippen LogP contribution in [0.2, 0.25) is 0 Å². The molecule has 1 aliphatic heterocycles. The van der Waals surface area contributed by atoms with E-state index in [9.17, 15) is 18.0 Å². The quantitative estimate of drug-likeness (QED) is 0.768. The molecule has 1 N–H and O–H groups in total. The SMILES string of the molecule is COC(=O)c1cc2n(n1)C(C(F)(F)F)CCN2. The fraction of sp³-hybridized carbons (Fsp3) is 0.556. The number of anilines is 1. The number of alkyl halides is 3. The number of carbonyl (C=O) groups is 1. The number of hydrogen-bond acceptors (Lipinski definition) is 4. The van der Waals surface area contributed by atoms with E-state index in [2.05, 4.69) is 15.2 Å². The average molecular weight is 249 g/mol. The maximum atomic E-state index is 12.7. The van der Waals surface area contributed by atoms with Crippen molar-refractivity contribution in [2.45, 2.75) is 18.6 Å². The van der Waals surface area contributed by atoms with Gasteiger partial charge < -0.3 is 10.1 Å². The first-order valence-electron chi connectivity index (χ1n) is 4.92. The van der Waals surface area contributed by atoms with Gasteiger partial charge in [0.05, 0.1) is 7.11 Å². The highest BCUT2D eigenvalue weighted by molar-refractivity contribution is 5.88. The molecule has 2 heterocycles. The number of fused-ring (bicyclic) bond motifs is 1. The van der Waals surface area contributed by atoms with Gasteiger partial charge in [0.2, 0.25) is 0 Å². The van der Waals surface area contributed by atoms with Gasteiger partial charge in [0, 0.05) is 12.6 Å². The highest BCUT2D eigenvalue weighted by Gasteiger charge is 2.44. The summed E-state index contributed by atoms with van der Waals surface area (Å²) in [6.45, 7) is 0.191. The summed E-state index contributed by atoms with van der Waals surface area (Å²) >= 11 is 0. The first-order chi connectivity index (χ1) is 7.93. The number of rotatable bonds is 1. The molecule has 8 heteroatoms. The molecule has 1 aromatic rings. The van der Waals surface area contributed by atoms with E-state index in [1.807, 2.05) is 0 Å². The van der Waals surface area contributed by atoms with E-state index in [0.29, 0.717) is 0 Å². The van der Waals surface area contributed by atoms with Gasteiger partial charge in [-0.25, -0.2) is 9.48 Å². The monoisotopic (exact) mass is 249 g/mol.